The zero-order chi connectivity index (χ0) is 19.8. The molecule has 1 N–H and O–H groups in total. The number of halogens is 5. The van der Waals surface area contributed by atoms with E-state index < -0.39 is 23.6 Å². The number of alkyl halides is 3. The summed E-state index contributed by atoms with van der Waals surface area (Å²) in [7, 11) is 1.24. The van der Waals surface area contributed by atoms with Crippen LogP contribution in [-0.4, -0.2) is 25.5 Å². The van der Waals surface area contributed by atoms with Crippen molar-refractivity contribution in [1.29, 1.82) is 0 Å². The predicted molar refractivity (Wildman–Crippen MR) is 88.9 cm³/mol. The van der Waals surface area contributed by atoms with Gasteiger partial charge >= 0.3 is 6.18 Å². The largest absolute Gasteiger partial charge is 0.435 e. The van der Waals surface area contributed by atoms with Crippen molar-refractivity contribution in [3.8, 4) is 0 Å². The van der Waals surface area contributed by atoms with Crippen LogP contribution in [0.2, 0.25) is 5.02 Å². The highest BCUT2D eigenvalue weighted by molar-refractivity contribution is 6.31. The van der Waals surface area contributed by atoms with Gasteiger partial charge in [-0.3, -0.25) is 14.2 Å². The van der Waals surface area contributed by atoms with Gasteiger partial charge in [-0.05, 0) is 17.7 Å². The van der Waals surface area contributed by atoms with Gasteiger partial charge in [-0.25, -0.2) is 4.39 Å². The van der Waals surface area contributed by atoms with Gasteiger partial charge in [0.25, 0.3) is 5.91 Å². The molecule has 142 valence electrons. The molecule has 2 heterocycles. The first-order valence-corrected chi connectivity index (χ1v) is 7.91. The molecule has 0 radical (unpaired) electrons. The molecule has 0 fully saturated rings. The Balaban J connectivity index is 1.72. The van der Waals surface area contributed by atoms with Crippen molar-refractivity contribution < 1.29 is 22.4 Å². The average Bonchev–Trinajstić information content (AvgIpc) is 3.16. The quantitative estimate of drug-likeness (QED) is 0.677. The zero-order valence-corrected chi connectivity index (χ0v) is 14.5. The van der Waals surface area contributed by atoms with Crippen molar-refractivity contribution in [2.45, 2.75) is 12.7 Å². The minimum absolute atomic E-state index is 0.132. The van der Waals surface area contributed by atoms with Gasteiger partial charge in [0.1, 0.15) is 11.5 Å². The standard InChI is InChI=1S/C16H12ClF4N5O/c1-25-12(7-13(23-25)16(19,20)21)15(27)22-14-4-5-26(24-14)8-9-2-3-10(18)6-11(9)17/h2-7H,8H2,1H3,(H,22,24,27). The Hall–Kier alpha value is -2.88. The predicted octanol–water partition coefficient (Wildman–Crippen LogP) is 3.73. The van der Waals surface area contributed by atoms with Gasteiger partial charge in [0.2, 0.25) is 0 Å². The van der Waals surface area contributed by atoms with E-state index in [4.69, 9.17) is 11.6 Å². The number of amides is 1. The van der Waals surface area contributed by atoms with Gasteiger partial charge in [-0.1, -0.05) is 17.7 Å². The van der Waals surface area contributed by atoms with Crippen LogP contribution in [0.15, 0.2) is 36.5 Å². The lowest BCUT2D eigenvalue weighted by molar-refractivity contribution is -0.141. The number of carbonyl (C=O) groups is 1. The summed E-state index contributed by atoms with van der Waals surface area (Å²) in [4.78, 5) is 12.2. The maximum atomic E-state index is 13.1. The fraction of sp³-hybridized carbons (Fsp3) is 0.188. The summed E-state index contributed by atoms with van der Waals surface area (Å²) in [6, 6.07) is 6.06. The third kappa shape index (κ3) is 4.27. The van der Waals surface area contributed by atoms with Crippen LogP contribution < -0.4 is 5.32 Å². The van der Waals surface area contributed by atoms with Crippen LogP contribution in [0, 0.1) is 5.82 Å². The van der Waals surface area contributed by atoms with E-state index in [0.29, 0.717) is 11.6 Å². The van der Waals surface area contributed by atoms with Crippen LogP contribution >= 0.6 is 11.6 Å². The van der Waals surface area contributed by atoms with Gasteiger partial charge in [0, 0.05) is 30.4 Å². The lowest BCUT2D eigenvalue weighted by Crippen LogP contribution is -2.16. The fourth-order valence-corrected chi connectivity index (χ4v) is 2.57. The third-order valence-corrected chi connectivity index (χ3v) is 3.98. The molecule has 0 atom stereocenters. The summed E-state index contributed by atoms with van der Waals surface area (Å²) in [6.07, 6.45) is -3.11. The van der Waals surface area contributed by atoms with Crippen LogP contribution in [0.3, 0.4) is 0 Å². The first kappa shape index (κ1) is 18.9. The SMILES string of the molecule is Cn1nc(C(F)(F)F)cc1C(=O)Nc1ccn(Cc2ccc(F)cc2Cl)n1. The van der Waals surface area contributed by atoms with E-state index >= 15 is 0 Å². The maximum Gasteiger partial charge on any atom is 0.435 e. The van der Waals surface area contributed by atoms with Gasteiger partial charge in [-0.15, -0.1) is 0 Å². The lowest BCUT2D eigenvalue weighted by atomic mass is 10.2. The van der Waals surface area contributed by atoms with E-state index in [2.05, 4.69) is 15.5 Å². The topological polar surface area (TPSA) is 64.7 Å². The van der Waals surface area contributed by atoms with Crippen molar-refractivity contribution in [2.24, 2.45) is 7.05 Å². The van der Waals surface area contributed by atoms with Crippen LogP contribution in [0.5, 0.6) is 0 Å². The molecule has 2 aromatic heterocycles. The van der Waals surface area contributed by atoms with Crippen LogP contribution in [-0.2, 0) is 19.8 Å². The molecule has 1 aromatic carbocycles. The smallest absolute Gasteiger partial charge is 0.304 e. The summed E-state index contributed by atoms with van der Waals surface area (Å²) >= 11 is 5.95. The molecule has 0 saturated heterocycles. The van der Waals surface area contributed by atoms with Crippen LogP contribution in [0.1, 0.15) is 21.7 Å². The molecule has 1 amide bonds. The summed E-state index contributed by atoms with van der Waals surface area (Å²) in [5, 5.41) is 10.0. The van der Waals surface area contributed by atoms with E-state index in [1.807, 2.05) is 0 Å². The Labute approximate surface area is 155 Å². The number of aryl methyl sites for hydroxylation is 1. The van der Waals surface area contributed by atoms with Crippen molar-refractivity contribution in [3.63, 3.8) is 0 Å². The van der Waals surface area contributed by atoms with Gasteiger partial charge in [-0.2, -0.15) is 23.4 Å². The Bertz CT molecular complexity index is 995. The second kappa shape index (κ2) is 7.03. The Kier molecular flexibility index (Phi) is 4.92. The third-order valence-electron chi connectivity index (χ3n) is 3.63. The van der Waals surface area contributed by atoms with E-state index in [9.17, 15) is 22.4 Å². The molecule has 0 aliphatic carbocycles. The van der Waals surface area contributed by atoms with E-state index in [0.717, 1.165) is 4.68 Å². The Morgan fingerprint density at radius 1 is 1.22 bits per heavy atom. The summed E-state index contributed by atoms with van der Waals surface area (Å²) in [6.45, 7) is 0.221. The molecule has 0 saturated carbocycles. The minimum Gasteiger partial charge on any atom is -0.304 e. The number of nitrogens with one attached hydrogen (secondary N) is 1. The number of hydrogen-bond donors (Lipinski definition) is 1. The molecular weight excluding hydrogens is 390 g/mol. The number of rotatable bonds is 4. The molecule has 0 aliphatic rings. The molecule has 11 heteroatoms. The number of benzene rings is 1. The van der Waals surface area contributed by atoms with Crippen LogP contribution in [0.25, 0.3) is 0 Å². The normalized spacial score (nSPS) is 11.6. The van der Waals surface area contributed by atoms with Crippen LogP contribution in [0.4, 0.5) is 23.4 Å². The molecule has 0 unspecified atom stereocenters. The summed E-state index contributed by atoms with van der Waals surface area (Å²) < 4.78 is 53.4. The van der Waals surface area contributed by atoms with Gasteiger partial charge < -0.3 is 5.32 Å². The Morgan fingerprint density at radius 2 is 1.96 bits per heavy atom. The minimum atomic E-state index is -4.65. The molecule has 0 bridgehead atoms. The second-order valence-corrected chi connectivity index (χ2v) is 6.03. The zero-order valence-electron chi connectivity index (χ0n) is 13.8. The number of carbonyl (C=O) groups excluding carboxylic acids is 1. The molecular formula is C16H12ClF4N5O. The highest BCUT2D eigenvalue weighted by Crippen LogP contribution is 2.28. The number of nitrogens with zero attached hydrogens (tertiary/aromatic N) is 4. The van der Waals surface area contributed by atoms with Crippen molar-refractivity contribution in [1.82, 2.24) is 19.6 Å². The molecule has 0 spiro atoms. The van der Waals surface area contributed by atoms with Gasteiger partial charge in [0.15, 0.2) is 11.5 Å². The van der Waals surface area contributed by atoms with E-state index in [-0.39, 0.29) is 23.1 Å². The first-order valence-electron chi connectivity index (χ1n) is 7.53. The monoisotopic (exact) mass is 401 g/mol. The molecule has 27 heavy (non-hydrogen) atoms. The molecule has 3 aromatic rings. The lowest BCUT2D eigenvalue weighted by Gasteiger charge is -2.05. The van der Waals surface area contributed by atoms with Crippen molar-refractivity contribution in [3.05, 3.63) is 64.3 Å². The second-order valence-electron chi connectivity index (χ2n) is 5.62. The van der Waals surface area contributed by atoms with Crippen molar-refractivity contribution >= 4 is 23.3 Å². The Morgan fingerprint density at radius 3 is 2.59 bits per heavy atom. The summed E-state index contributed by atoms with van der Waals surface area (Å²) in [5.74, 6) is -1.12. The van der Waals surface area contributed by atoms with E-state index in [1.165, 1.54) is 36.0 Å². The number of aromatic nitrogens is 4. The molecule has 6 nitrogen and oxygen atoms in total. The molecule has 0 aliphatic heterocycles. The first-order chi connectivity index (χ1) is 12.6. The number of hydrogen-bond acceptors (Lipinski definition) is 3. The molecule has 3 rings (SSSR count). The highest BCUT2D eigenvalue weighted by Gasteiger charge is 2.35. The fourth-order valence-electron chi connectivity index (χ4n) is 2.34. The summed E-state index contributed by atoms with van der Waals surface area (Å²) in [5.41, 5.74) is -0.814. The average molecular weight is 402 g/mol. The maximum absolute atomic E-state index is 13.1. The van der Waals surface area contributed by atoms with Gasteiger partial charge in [0.05, 0.1) is 6.54 Å². The van der Waals surface area contributed by atoms with E-state index in [1.54, 1.807) is 6.20 Å². The number of anilines is 1. The highest BCUT2D eigenvalue weighted by atomic mass is 35.5. The van der Waals surface area contributed by atoms with Crippen molar-refractivity contribution in [2.75, 3.05) is 5.32 Å².